The van der Waals surface area contributed by atoms with Crippen LogP contribution in [-0.2, 0) is 0 Å². The molecular weight excluding hydrogens is 340 g/mol. The van der Waals surface area contributed by atoms with Gasteiger partial charge in [0.05, 0.1) is 11.1 Å². The van der Waals surface area contributed by atoms with Gasteiger partial charge in [-0.1, -0.05) is 29.4 Å². The molecule has 0 bridgehead atoms. The molecule has 0 fully saturated rings. The van der Waals surface area contributed by atoms with Gasteiger partial charge >= 0.3 is 5.97 Å². The number of phenols is 3. The molecule has 0 atom stereocenters. The highest BCUT2D eigenvalue weighted by atomic mass is 16.4. The third-order valence-electron chi connectivity index (χ3n) is 3.49. The maximum absolute atomic E-state index is 10.9. The first-order valence-corrected chi connectivity index (χ1v) is 7.29. The van der Waals surface area contributed by atoms with E-state index < -0.39 is 5.97 Å². The lowest BCUT2D eigenvalue weighted by Gasteiger charge is -2.04. The number of nitrogens with two attached hydrogens (primary N) is 1. The molecule has 8 nitrogen and oxygen atoms in total. The summed E-state index contributed by atoms with van der Waals surface area (Å²) < 4.78 is 0. The highest BCUT2D eigenvalue weighted by Crippen LogP contribution is 2.31. The molecule has 8 heteroatoms. The van der Waals surface area contributed by atoms with Crippen LogP contribution in [0.1, 0.15) is 15.9 Å². The summed E-state index contributed by atoms with van der Waals surface area (Å²) in [7, 11) is 0. The minimum absolute atomic E-state index is 0.00259. The number of aromatic carboxylic acids is 1. The van der Waals surface area contributed by atoms with Crippen LogP contribution < -0.4 is 5.73 Å². The average Bonchev–Trinajstić information content (AvgIpc) is 2.62. The van der Waals surface area contributed by atoms with E-state index in [1.807, 2.05) is 0 Å². The number of nitrogens with zero attached hydrogens (tertiary/aromatic N) is 1. The Hall–Kier alpha value is -3.94. The Labute approximate surface area is 147 Å². The lowest BCUT2D eigenvalue weighted by Crippen LogP contribution is -2.12. The highest BCUT2D eigenvalue weighted by Gasteiger charge is 2.10. The molecule has 0 spiro atoms. The zero-order valence-electron chi connectivity index (χ0n) is 13.4. The van der Waals surface area contributed by atoms with Crippen LogP contribution in [0.2, 0.25) is 0 Å². The fourth-order valence-electron chi connectivity index (χ4n) is 2.23. The molecule has 0 aliphatic rings. The van der Waals surface area contributed by atoms with Crippen molar-refractivity contribution in [2.75, 3.05) is 0 Å². The van der Waals surface area contributed by atoms with E-state index in [0.29, 0.717) is 16.3 Å². The Morgan fingerprint density at radius 2 is 1.46 bits per heavy atom. The maximum atomic E-state index is 10.9. The maximum Gasteiger partial charge on any atom is 0.336 e. The van der Waals surface area contributed by atoms with E-state index in [0.717, 1.165) is 0 Å². The second-order valence-electron chi connectivity index (χ2n) is 5.18. The van der Waals surface area contributed by atoms with Gasteiger partial charge in [0.2, 0.25) is 0 Å². The summed E-state index contributed by atoms with van der Waals surface area (Å²) in [6, 6.07) is 13.6. The number of para-hydroxylation sites is 1. The molecule has 0 saturated carbocycles. The van der Waals surface area contributed by atoms with Gasteiger partial charge in [0.1, 0.15) is 5.75 Å². The smallest absolute Gasteiger partial charge is 0.336 e. The Morgan fingerprint density at radius 1 is 0.846 bits per heavy atom. The van der Waals surface area contributed by atoms with Crippen molar-refractivity contribution in [2.45, 2.75) is 0 Å². The molecule has 0 aliphatic carbocycles. The number of carbonyl (C=O) groups is 1. The van der Waals surface area contributed by atoms with Gasteiger partial charge in [0.15, 0.2) is 17.3 Å². The highest BCUT2D eigenvalue weighted by molar-refractivity contribution is 6.04. The fourth-order valence-corrected chi connectivity index (χ4v) is 2.23. The molecule has 0 radical (unpaired) electrons. The van der Waals surface area contributed by atoms with Crippen molar-refractivity contribution in [1.29, 1.82) is 0 Å². The van der Waals surface area contributed by atoms with Crippen LogP contribution in [0.25, 0.3) is 10.8 Å². The largest absolute Gasteiger partial charge is 0.507 e. The van der Waals surface area contributed by atoms with E-state index in [1.54, 1.807) is 30.3 Å². The van der Waals surface area contributed by atoms with Crippen molar-refractivity contribution in [3.05, 3.63) is 65.7 Å². The number of oxime groups is 1. The molecule has 26 heavy (non-hydrogen) atoms. The SMILES string of the molecule is N/C(=N\O)c1ccccc1O.O=C(O)c1cccc2cc(O)c(O)cc12. The van der Waals surface area contributed by atoms with Crippen LogP contribution in [0, 0.1) is 0 Å². The zero-order chi connectivity index (χ0) is 19.3. The molecule has 3 rings (SSSR count). The van der Waals surface area contributed by atoms with Gasteiger partial charge in [0, 0.05) is 5.39 Å². The van der Waals surface area contributed by atoms with Gasteiger partial charge in [-0.15, -0.1) is 0 Å². The second kappa shape index (κ2) is 7.75. The summed E-state index contributed by atoms with van der Waals surface area (Å²) in [5.41, 5.74) is 5.66. The number of carboxylic acid groups (broad SMARTS) is 1. The summed E-state index contributed by atoms with van der Waals surface area (Å²) in [4.78, 5) is 10.9. The van der Waals surface area contributed by atoms with Crippen molar-refractivity contribution in [3.63, 3.8) is 0 Å². The number of carboxylic acids is 1. The molecule has 3 aromatic carbocycles. The van der Waals surface area contributed by atoms with E-state index in [-0.39, 0.29) is 28.6 Å². The number of amidine groups is 1. The molecule has 0 aromatic heterocycles. The van der Waals surface area contributed by atoms with Crippen molar-refractivity contribution in [2.24, 2.45) is 10.9 Å². The van der Waals surface area contributed by atoms with Crippen LogP contribution in [0.4, 0.5) is 0 Å². The summed E-state index contributed by atoms with van der Waals surface area (Å²) in [5, 5.41) is 48.6. The standard InChI is InChI=1S/C11H8O4.C7H8N2O2/c12-9-4-6-2-1-3-7(11(14)15)8(6)5-10(9)13;8-7(9-11)5-3-1-2-4-6(5)10/h1-5,12-13H,(H,14,15);1-4,10-11H,(H2,8,9). The molecule has 7 N–H and O–H groups in total. The summed E-state index contributed by atoms with van der Waals surface area (Å²) in [6.45, 7) is 0. The summed E-state index contributed by atoms with van der Waals surface area (Å²) in [6.07, 6.45) is 0. The Kier molecular flexibility index (Phi) is 5.49. The number of phenolic OH excluding ortho intramolecular Hbond substituents is 3. The number of rotatable bonds is 2. The number of benzene rings is 3. The number of fused-ring (bicyclic) bond motifs is 1. The average molecular weight is 356 g/mol. The third-order valence-corrected chi connectivity index (χ3v) is 3.49. The van der Waals surface area contributed by atoms with Crippen molar-refractivity contribution in [1.82, 2.24) is 0 Å². The van der Waals surface area contributed by atoms with Crippen LogP contribution in [0.15, 0.2) is 59.8 Å². The van der Waals surface area contributed by atoms with Crippen LogP contribution >= 0.6 is 0 Å². The van der Waals surface area contributed by atoms with Gasteiger partial charge in [-0.3, -0.25) is 0 Å². The van der Waals surface area contributed by atoms with Gasteiger partial charge in [-0.05, 0) is 35.7 Å². The van der Waals surface area contributed by atoms with E-state index in [2.05, 4.69) is 5.16 Å². The summed E-state index contributed by atoms with van der Waals surface area (Å²) >= 11 is 0. The van der Waals surface area contributed by atoms with Gasteiger partial charge in [-0.25, -0.2) is 4.79 Å². The predicted octanol–water partition coefficient (Wildman–Crippen LogP) is 2.44. The molecule has 0 amide bonds. The molecule has 0 saturated heterocycles. The molecule has 3 aromatic rings. The molecular formula is C18H16N2O6. The van der Waals surface area contributed by atoms with E-state index >= 15 is 0 Å². The first-order chi connectivity index (χ1) is 12.3. The fraction of sp³-hybridized carbons (Fsp3) is 0. The summed E-state index contributed by atoms with van der Waals surface area (Å²) in [5.74, 6) is -1.74. The van der Waals surface area contributed by atoms with Crippen molar-refractivity contribution in [3.8, 4) is 17.2 Å². The third kappa shape index (κ3) is 3.93. The molecule has 0 heterocycles. The van der Waals surface area contributed by atoms with Crippen molar-refractivity contribution < 1.29 is 30.4 Å². The predicted molar refractivity (Wildman–Crippen MR) is 94.9 cm³/mol. The van der Waals surface area contributed by atoms with Gasteiger partial charge < -0.3 is 31.4 Å². The first kappa shape index (κ1) is 18.4. The van der Waals surface area contributed by atoms with E-state index in [1.165, 1.54) is 24.3 Å². The topological polar surface area (TPSA) is 157 Å². The monoisotopic (exact) mass is 356 g/mol. The quantitative estimate of drug-likeness (QED) is 0.135. The lowest BCUT2D eigenvalue weighted by molar-refractivity contribution is 0.0699. The van der Waals surface area contributed by atoms with Crippen LogP contribution in [0.3, 0.4) is 0 Å². The number of hydrogen-bond acceptors (Lipinski definition) is 6. The van der Waals surface area contributed by atoms with E-state index in [4.69, 9.17) is 21.2 Å². The second-order valence-corrected chi connectivity index (χ2v) is 5.18. The minimum atomic E-state index is -1.06. The normalized spacial score (nSPS) is 10.8. The zero-order valence-corrected chi connectivity index (χ0v) is 13.4. The Morgan fingerprint density at radius 3 is 2.08 bits per heavy atom. The van der Waals surface area contributed by atoms with Crippen LogP contribution in [-0.4, -0.2) is 37.4 Å². The molecule has 0 unspecified atom stereocenters. The molecule has 0 aliphatic heterocycles. The van der Waals surface area contributed by atoms with E-state index in [9.17, 15) is 15.0 Å². The number of hydrogen-bond donors (Lipinski definition) is 6. The minimum Gasteiger partial charge on any atom is -0.507 e. The van der Waals surface area contributed by atoms with Gasteiger partial charge in [-0.2, -0.15) is 0 Å². The molecule has 134 valence electrons. The Balaban J connectivity index is 0.000000197. The lowest BCUT2D eigenvalue weighted by atomic mass is 10.0. The van der Waals surface area contributed by atoms with Gasteiger partial charge in [0.25, 0.3) is 0 Å². The Bertz CT molecular complexity index is 985. The van der Waals surface area contributed by atoms with Crippen LogP contribution in [0.5, 0.6) is 17.2 Å². The number of aromatic hydroxyl groups is 3. The first-order valence-electron chi connectivity index (χ1n) is 7.29. The van der Waals surface area contributed by atoms with Crippen molar-refractivity contribution >= 4 is 22.6 Å².